The Hall–Kier alpha value is -4.60. The Bertz CT molecular complexity index is 1960. The van der Waals surface area contributed by atoms with E-state index in [4.69, 9.17) is 0 Å². The van der Waals surface area contributed by atoms with Crippen LogP contribution in [0.2, 0.25) is 0 Å². The molecule has 7 rings (SSSR count). The first-order chi connectivity index (χ1) is 23.4. The van der Waals surface area contributed by atoms with Gasteiger partial charge < -0.3 is 14.6 Å². The largest absolute Gasteiger partial charge is 0.396 e. The molecule has 6 nitrogen and oxygen atoms in total. The molecule has 9 heteroatoms. The summed E-state index contributed by atoms with van der Waals surface area (Å²) in [6.45, 7) is 10.3. The third kappa shape index (κ3) is 7.68. The number of aromatic nitrogens is 3. The van der Waals surface area contributed by atoms with Gasteiger partial charge in [-0.2, -0.15) is 0 Å². The maximum Gasteiger partial charge on any atom is 0.255 e. The molecule has 0 saturated heterocycles. The van der Waals surface area contributed by atoms with Crippen molar-refractivity contribution in [2.24, 2.45) is 10.8 Å². The predicted octanol–water partition coefficient (Wildman–Crippen LogP) is 8.48. The Kier molecular flexibility index (Phi) is 9.86. The summed E-state index contributed by atoms with van der Waals surface area (Å²) in [5.41, 5.74) is 7.56. The van der Waals surface area contributed by atoms with Crippen molar-refractivity contribution in [3.63, 3.8) is 0 Å². The molecule has 0 radical (unpaired) electrons. The molecule has 0 aliphatic carbocycles. The van der Waals surface area contributed by atoms with E-state index in [0.29, 0.717) is 18.7 Å². The molecule has 3 aromatic heterocycles. The van der Waals surface area contributed by atoms with E-state index in [0.717, 1.165) is 45.7 Å². The molecule has 2 aliphatic heterocycles. The molecule has 0 bridgehead atoms. The Balaban J connectivity index is 0.000000170. The molecule has 0 saturated carbocycles. The molecule has 49 heavy (non-hydrogen) atoms. The summed E-state index contributed by atoms with van der Waals surface area (Å²) in [5, 5.41) is 10.8. The van der Waals surface area contributed by atoms with E-state index < -0.39 is 5.41 Å². The van der Waals surface area contributed by atoms with Gasteiger partial charge in [0.25, 0.3) is 5.91 Å². The van der Waals surface area contributed by atoms with Crippen LogP contribution in [-0.4, -0.2) is 55.9 Å². The van der Waals surface area contributed by atoms with E-state index in [1.165, 1.54) is 34.9 Å². The number of aliphatic hydroxyl groups is 1. The van der Waals surface area contributed by atoms with Gasteiger partial charge in [0, 0.05) is 79.5 Å². The molecule has 0 fully saturated rings. The van der Waals surface area contributed by atoms with Crippen molar-refractivity contribution in [2.45, 2.75) is 39.3 Å². The van der Waals surface area contributed by atoms with Gasteiger partial charge in [0.1, 0.15) is 11.6 Å². The maximum atomic E-state index is 13.3. The van der Waals surface area contributed by atoms with Crippen LogP contribution in [0, 0.1) is 22.5 Å². The third-order valence-corrected chi connectivity index (χ3v) is 10.3. The molecular weight excluding hydrogens is 639 g/mol. The standard InChI is InChI=1S/C20H21FN2O2.C20H19FN2S/c1-20(2,13-24)12-23-11-17(14-3-5-16(21)6-4-14)18(19(23)25)15-7-9-22-10-8-15;1-20(2)12-23-11-17(14-3-5-16(21)6-4-14)18(19(23)24-13-20)15-7-9-22-10-8-15/h3-10,24H,11-13H2,1-2H3;3-11H,12-13H2,1-2H3. The number of fused-ring (bicyclic) bond motifs is 1. The molecule has 252 valence electrons. The number of carbonyl (C=O) groups excluding carboxylic acids is 1. The number of nitrogens with zero attached hydrogens (tertiary/aromatic N) is 4. The Morgan fingerprint density at radius 3 is 1.94 bits per heavy atom. The van der Waals surface area contributed by atoms with E-state index in [-0.39, 0.29) is 29.6 Å². The van der Waals surface area contributed by atoms with Crippen molar-refractivity contribution in [1.29, 1.82) is 0 Å². The van der Waals surface area contributed by atoms with Crippen molar-refractivity contribution in [1.82, 2.24) is 19.4 Å². The third-order valence-electron chi connectivity index (χ3n) is 8.71. The summed E-state index contributed by atoms with van der Waals surface area (Å²) in [6.07, 6.45) is 9.17. The monoisotopic (exact) mass is 678 g/mol. The minimum atomic E-state index is -0.392. The van der Waals surface area contributed by atoms with Crippen molar-refractivity contribution in [2.75, 3.05) is 25.4 Å². The molecule has 0 spiro atoms. The number of hydrogen-bond donors (Lipinski definition) is 1. The van der Waals surface area contributed by atoms with Crippen LogP contribution in [-0.2, 0) is 11.3 Å². The molecule has 2 aromatic carbocycles. The van der Waals surface area contributed by atoms with Crippen molar-refractivity contribution in [3.8, 4) is 22.3 Å². The molecule has 1 amide bonds. The van der Waals surface area contributed by atoms with E-state index >= 15 is 0 Å². The summed E-state index contributed by atoms with van der Waals surface area (Å²) in [5.74, 6) is 0.506. The number of thioether (sulfide) groups is 1. The average molecular weight is 679 g/mol. The SMILES string of the molecule is CC(C)(CO)CN1CC(c2ccc(F)cc2)=C(c2ccncc2)C1=O.CC1(C)CSc2c(-c3ccncc3)c(-c3ccc(F)cc3)cn2C1. The van der Waals surface area contributed by atoms with Gasteiger partial charge in [0.05, 0.1) is 10.6 Å². The van der Waals surface area contributed by atoms with Crippen LogP contribution < -0.4 is 0 Å². The van der Waals surface area contributed by atoms with Crippen molar-refractivity contribution >= 4 is 28.8 Å². The van der Waals surface area contributed by atoms with Gasteiger partial charge in [-0.3, -0.25) is 14.8 Å². The van der Waals surface area contributed by atoms with E-state index in [9.17, 15) is 18.7 Å². The summed E-state index contributed by atoms with van der Waals surface area (Å²) in [4.78, 5) is 22.9. The highest BCUT2D eigenvalue weighted by molar-refractivity contribution is 7.99. The van der Waals surface area contributed by atoms with Crippen LogP contribution in [0.3, 0.4) is 0 Å². The summed E-state index contributed by atoms with van der Waals surface area (Å²) in [7, 11) is 0. The van der Waals surface area contributed by atoms with Gasteiger partial charge in [0.2, 0.25) is 0 Å². The molecular formula is C40H40F2N4O2S. The summed E-state index contributed by atoms with van der Waals surface area (Å²) in [6, 6.07) is 20.7. The van der Waals surface area contributed by atoms with Gasteiger partial charge in [-0.25, -0.2) is 8.78 Å². The minimum absolute atomic E-state index is 0.00669. The quantitative estimate of drug-likeness (QED) is 0.187. The first-order valence-corrected chi connectivity index (χ1v) is 17.3. The van der Waals surface area contributed by atoms with Gasteiger partial charge in [-0.1, -0.05) is 52.0 Å². The summed E-state index contributed by atoms with van der Waals surface area (Å²) < 4.78 is 29.0. The molecule has 1 N–H and O–H groups in total. The summed E-state index contributed by atoms with van der Waals surface area (Å²) >= 11 is 1.90. The number of hydrogen-bond acceptors (Lipinski definition) is 5. The Morgan fingerprint density at radius 1 is 0.816 bits per heavy atom. The van der Waals surface area contributed by atoms with Crippen LogP contribution in [0.15, 0.2) is 109 Å². The second-order valence-corrected chi connectivity index (χ2v) is 15.1. The minimum Gasteiger partial charge on any atom is -0.396 e. The van der Waals surface area contributed by atoms with Gasteiger partial charge in [-0.15, -0.1) is 11.8 Å². The van der Waals surface area contributed by atoms with Crippen LogP contribution in [0.1, 0.15) is 38.8 Å². The normalized spacial score (nSPS) is 15.6. The fourth-order valence-electron chi connectivity index (χ4n) is 6.25. The second kappa shape index (κ2) is 14.1. The molecule has 0 unspecified atom stereocenters. The average Bonchev–Trinajstić information content (AvgIpc) is 3.62. The Labute approximate surface area is 290 Å². The van der Waals surface area contributed by atoms with E-state index in [2.05, 4.69) is 34.6 Å². The lowest BCUT2D eigenvalue weighted by Crippen LogP contribution is -2.38. The van der Waals surface area contributed by atoms with Gasteiger partial charge in [0.15, 0.2) is 0 Å². The molecule has 5 aromatic rings. The van der Waals surface area contributed by atoms with Crippen molar-refractivity contribution < 1.29 is 18.7 Å². The number of amides is 1. The fourth-order valence-corrected chi connectivity index (χ4v) is 7.53. The van der Waals surface area contributed by atoms with Crippen LogP contribution in [0.5, 0.6) is 0 Å². The smallest absolute Gasteiger partial charge is 0.255 e. The number of aliphatic hydroxyl groups excluding tert-OH is 1. The predicted molar refractivity (Wildman–Crippen MR) is 192 cm³/mol. The lowest BCUT2D eigenvalue weighted by Gasteiger charge is -2.31. The highest BCUT2D eigenvalue weighted by Crippen LogP contribution is 2.46. The lowest BCUT2D eigenvalue weighted by atomic mass is 9.94. The van der Waals surface area contributed by atoms with Crippen LogP contribution in [0.25, 0.3) is 33.4 Å². The zero-order valence-electron chi connectivity index (χ0n) is 28.2. The van der Waals surface area contributed by atoms with Crippen molar-refractivity contribution in [3.05, 3.63) is 127 Å². The van der Waals surface area contributed by atoms with Gasteiger partial charge in [-0.05, 0) is 81.8 Å². The Morgan fingerprint density at radius 2 is 1.37 bits per heavy atom. The highest BCUT2D eigenvalue weighted by atomic mass is 32.2. The zero-order valence-corrected chi connectivity index (χ0v) is 29.0. The molecule has 0 atom stereocenters. The lowest BCUT2D eigenvalue weighted by molar-refractivity contribution is -0.125. The second-order valence-electron chi connectivity index (χ2n) is 14.1. The van der Waals surface area contributed by atoms with Crippen LogP contribution in [0.4, 0.5) is 8.78 Å². The van der Waals surface area contributed by atoms with E-state index in [1.54, 1.807) is 41.6 Å². The number of rotatable bonds is 7. The maximum absolute atomic E-state index is 13.3. The first kappa shape index (κ1) is 34.3. The number of carbonyl (C=O) groups is 1. The molecule has 5 heterocycles. The van der Waals surface area contributed by atoms with E-state index in [1.807, 2.05) is 62.3 Å². The number of benzene rings is 2. The number of pyridine rings is 2. The van der Waals surface area contributed by atoms with Gasteiger partial charge >= 0.3 is 0 Å². The number of halogens is 2. The fraction of sp³-hybridized carbons (Fsp3) is 0.275. The zero-order chi connectivity index (χ0) is 34.8. The highest BCUT2D eigenvalue weighted by Gasteiger charge is 2.35. The molecule has 2 aliphatic rings. The topological polar surface area (TPSA) is 71.2 Å². The van der Waals surface area contributed by atoms with Crippen LogP contribution >= 0.6 is 11.8 Å². The first-order valence-electron chi connectivity index (χ1n) is 16.3.